The fourth-order valence-electron chi connectivity index (χ4n) is 4.68. The van der Waals surface area contributed by atoms with Gasteiger partial charge in [0.25, 0.3) is 0 Å². The van der Waals surface area contributed by atoms with Gasteiger partial charge in [0.2, 0.25) is 0 Å². The van der Waals surface area contributed by atoms with Crippen molar-refractivity contribution in [2.45, 2.75) is 38.2 Å². The van der Waals surface area contributed by atoms with Crippen LogP contribution < -0.4 is 0 Å². The summed E-state index contributed by atoms with van der Waals surface area (Å²) in [5, 5.41) is 1.27. The van der Waals surface area contributed by atoms with Crippen molar-refractivity contribution in [2.75, 3.05) is 0 Å². The minimum absolute atomic E-state index is 0.109. The predicted molar refractivity (Wildman–Crippen MR) is 124 cm³/mol. The lowest BCUT2D eigenvalue weighted by molar-refractivity contribution is -0.0185. The van der Waals surface area contributed by atoms with Gasteiger partial charge in [-0.3, -0.25) is 0 Å². The third kappa shape index (κ3) is 3.66. The maximum Gasteiger partial charge on any atom is 0.339 e. The summed E-state index contributed by atoms with van der Waals surface area (Å²) in [4.78, 5) is 15.6. The average molecular weight is 432 g/mol. The van der Waals surface area contributed by atoms with E-state index in [4.69, 9.17) is 4.74 Å². The SMILES string of the molecule is Cc1cc2ccccc2[s+]1-c1ccc(C(=O)OC2(c3cccc(F)c3)CCCC2)cc1. The molecule has 1 heterocycles. The Balaban J connectivity index is 1.43. The normalized spacial score (nSPS) is 15.9. The Kier molecular flexibility index (Phi) is 5.11. The minimum Gasteiger partial charge on any atom is -0.451 e. The van der Waals surface area contributed by atoms with E-state index in [0.29, 0.717) is 5.56 Å². The molecule has 31 heavy (non-hydrogen) atoms. The molecule has 1 fully saturated rings. The number of hydrogen-bond donors (Lipinski definition) is 0. The van der Waals surface area contributed by atoms with Crippen molar-refractivity contribution in [3.8, 4) is 4.90 Å². The van der Waals surface area contributed by atoms with Gasteiger partial charge in [0.1, 0.15) is 11.4 Å². The summed E-state index contributed by atoms with van der Waals surface area (Å²) >= 11 is 0. The number of benzene rings is 3. The molecule has 1 aliphatic rings. The quantitative estimate of drug-likeness (QED) is 0.245. The maximum atomic E-state index is 13.8. The first kappa shape index (κ1) is 20.0. The number of rotatable bonds is 4. The summed E-state index contributed by atoms with van der Waals surface area (Å²) in [7, 11) is -0.109. The van der Waals surface area contributed by atoms with E-state index in [1.54, 1.807) is 6.07 Å². The first-order valence-corrected chi connectivity index (χ1v) is 11.9. The average Bonchev–Trinajstić information content (AvgIpc) is 3.38. The molecule has 156 valence electrons. The van der Waals surface area contributed by atoms with Gasteiger partial charge >= 0.3 is 5.97 Å². The van der Waals surface area contributed by atoms with E-state index in [-0.39, 0.29) is 22.3 Å². The number of aryl methyl sites for hydroxylation is 1. The van der Waals surface area contributed by atoms with Crippen LogP contribution in [0.15, 0.2) is 78.9 Å². The van der Waals surface area contributed by atoms with E-state index in [1.165, 1.54) is 32.0 Å². The highest BCUT2D eigenvalue weighted by Crippen LogP contribution is 2.44. The highest BCUT2D eigenvalue weighted by Gasteiger charge is 2.40. The third-order valence-corrected chi connectivity index (χ3v) is 8.51. The molecule has 4 heteroatoms. The van der Waals surface area contributed by atoms with E-state index in [2.05, 4.69) is 37.3 Å². The van der Waals surface area contributed by atoms with E-state index >= 15 is 0 Å². The Labute approximate surface area is 184 Å². The van der Waals surface area contributed by atoms with Gasteiger partial charge in [-0.1, -0.05) is 24.3 Å². The third-order valence-electron chi connectivity index (χ3n) is 6.20. The fourth-order valence-corrected chi connectivity index (χ4v) is 6.88. The van der Waals surface area contributed by atoms with Gasteiger partial charge in [-0.25, -0.2) is 9.18 Å². The molecule has 1 unspecified atom stereocenters. The van der Waals surface area contributed by atoms with Crippen LogP contribution in [0, 0.1) is 12.7 Å². The largest absolute Gasteiger partial charge is 0.451 e. The van der Waals surface area contributed by atoms with Crippen LogP contribution in [0.2, 0.25) is 0 Å². The zero-order chi connectivity index (χ0) is 21.4. The molecule has 3 aromatic carbocycles. The zero-order valence-electron chi connectivity index (χ0n) is 17.4. The highest BCUT2D eigenvalue weighted by atomic mass is 32.2. The maximum absolute atomic E-state index is 13.8. The Hall–Kier alpha value is -2.98. The number of hydrogen-bond acceptors (Lipinski definition) is 2. The minimum atomic E-state index is -0.733. The number of thiophene rings is 1. The lowest BCUT2D eigenvalue weighted by Gasteiger charge is -2.29. The van der Waals surface area contributed by atoms with Crippen molar-refractivity contribution < 1.29 is 13.9 Å². The molecule has 0 amide bonds. The molecule has 1 aromatic heterocycles. The van der Waals surface area contributed by atoms with Crippen LogP contribution in [0.4, 0.5) is 4.39 Å². The number of esters is 1. The molecular weight excluding hydrogens is 407 g/mol. The molecular formula is C27H24FO2S+. The molecule has 0 radical (unpaired) electrons. The molecule has 0 bridgehead atoms. The fraction of sp³-hybridized carbons (Fsp3) is 0.222. The van der Waals surface area contributed by atoms with Crippen molar-refractivity contribution in [3.63, 3.8) is 0 Å². The highest BCUT2D eigenvalue weighted by molar-refractivity contribution is 7.45. The summed E-state index contributed by atoms with van der Waals surface area (Å²) in [6.07, 6.45) is 3.39. The van der Waals surface area contributed by atoms with E-state index in [9.17, 15) is 9.18 Å². The Morgan fingerprint density at radius 3 is 2.42 bits per heavy atom. The lowest BCUT2D eigenvalue weighted by Crippen LogP contribution is -2.29. The van der Waals surface area contributed by atoms with Gasteiger partial charge < -0.3 is 4.74 Å². The number of carbonyl (C=O) groups is 1. The van der Waals surface area contributed by atoms with Crippen molar-refractivity contribution in [2.24, 2.45) is 0 Å². The smallest absolute Gasteiger partial charge is 0.339 e. The first-order valence-electron chi connectivity index (χ1n) is 10.7. The van der Waals surface area contributed by atoms with Gasteiger partial charge in [0, 0.05) is 28.8 Å². The molecule has 1 aliphatic carbocycles. The van der Waals surface area contributed by atoms with Crippen LogP contribution in [0.1, 0.15) is 46.5 Å². The molecule has 1 saturated carbocycles. The van der Waals surface area contributed by atoms with Crippen molar-refractivity contribution in [1.29, 1.82) is 0 Å². The molecule has 2 nitrogen and oxygen atoms in total. The lowest BCUT2D eigenvalue weighted by atomic mass is 9.91. The van der Waals surface area contributed by atoms with Gasteiger partial charge in [0.05, 0.1) is 5.56 Å². The van der Waals surface area contributed by atoms with Crippen molar-refractivity contribution >= 4 is 26.5 Å². The number of halogens is 1. The van der Waals surface area contributed by atoms with Crippen LogP contribution in [0.25, 0.3) is 15.0 Å². The predicted octanol–water partition coefficient (Wildman–Crippen LogP) is 7.65. The van der Waals surface area contributed by atoms with E-state index in [0.717, 1.165) is 31.2 Å². The molecule has 0 aliphatic heterocycles. The van der Waals surface area contributed by atoms with Gasteiger partial charge in [0.15, 0.2) is 14.5 Å². The topological polar surface area (TPSA) is 26.3 Å². The number of fused-ring (bicyclic) bond motifs is 1. The first-order chi connectivity index (χ1) is 15.1. The summed E-state index contributed by atoms with van der Waals surface area (Å²) < 4.78 is 21.2. The second kappa shape index (κ2) is 7.93. The molecule has 5 rings (SSSR count). The number of carbonyl (C=O) groups excluding carboxylic acids is 1. The molecule has 0 saturated heterocycles. The Bertz CT molecular complexity index is 1250. The van der Waals surface area contributed by atoms with Crippen LogP contribution in [-0.4, -0.2) is 5.97 Å². The monoisotopic (exact) mass is 431 g/mol. The van der Waals surface area contributed by atoms with Crippen molar-refractivity contribution in [3.05, 3.63) is 101 Å². The zero-order valence-corrected chi connectivity index (χ0v) is 18.3. The molecule has 4 aromatic rings. The summed E-state index contributed by atoms with van der Waals surface area (Å²) in [5.74, 6) is -0.648. The van der Waals surface area contributed by atoms with Gasteiger partial charge in [-0.15, -0.1) is 0 Å². The van der Waals surface area contributed by atoms with E-state index in [1.807, 2.05) is 30.3 Å². The standard InChI is InChI=1S/C27H24FO2S/c1-19-17-21-7-2-3-10-25(21)31(19)24-13-11-20(12-14-24)26(29)30-27(15-4-5-16-27)22-8-6-9-23(28)18-22/h2-3,6-14,17-18H,4-5,15-16H2,1H3/q+1. The van der Waals surface area contributed by atoms with Crippen molar-refractivity contribution in [1.82, 2.24) is 0 Å². The second-order valence-electron chi connectivity index (χ2n) is 8.22. The summed E-state index contributed by atoms with van der Waals surface area (Å²) in [6, 6.07) is 24.9. The molecule has 0 spiro atoms. The van der Waals surface area contributed by atoms with Gasteiger partial charge in [-0.2, -0.15) is 0 Å². The Morgan fingerprint density at radius 1 is 0.935 bits per heavy atom. The van der Waals surface area contributed by atoms with E-state index < -0.39 is 5.60 Å². The van der Waals surface area contributed by atoms with Crippen LogP contribution in [0.3, 0.4) is 0 Å². The summed E-state index contributed by atoms with van der Waals surface area (Å²) in [6.45, 7) is 2.16. The second-order valence-corrected chi connectivity index (χ2v) is 10.4. The number of ether oxygens (including phenoxy) is 1. The van der Waals surface area contributed by atoms with Crippen LogP contribution in [0.5, 0.6) is 0 Å². The molecule has 0 N–H and O–H groups in total. The Morgan fingerprint density at radius 2 is 1.68 bits per heavy atom. The van der Waals surface area contributed by atoms with Crippen LogP contribution >= 0.6 is 10.5 Å². The van der Waals surface area contributed by atoms with Crippen LogP contribution in [-0.2, 0) is 10.3 Å². The molecule has 1 atom stereocenters. The summed E-state index contributed by atoms with van der Waals surface area (Å²) in [5.41, 5.74) is 0.549. The van der Waals surface area contributed by atoms with Gasteiger partial charge in [-0.05, 0) is 79.8 Å².